The van der Waals surface area contributed by atoms with Gasteiger partial charge in [-0.25, -0.2) is 13.6 Å². The molecule has 0 aromatic heterocycles. The number of phenols is 1. The SMILES string of the molecule is CC(C)(C)c1cc(F)c(C(=O)O)c(O)c1F. The van der Waals surface area contributed by atoms with Crippen LogP contribution in [0, 0.1) is 11.6 Å². The molecule has 0 radical (unpaired) electrons. The average molecular weight is 230 g/mol. The van der Waals surface area contributed by atoms with Gasteiger partial charge in [0.15, 0.2) is 11.6 Å². The predicted molar refractivity (Wildman–Crippen MR) is 53.7 cm³/mol. The minimum absolute atomic E-state index is 0.0625. The van der Waals surface area contributed by atoms with Gasteiger partial charge in [-0.2, -0.15) is 0 Å². The van der Waals surface area contributed by atoms with E-state index in [1.165, 1.54) is 0 Å². The molecule has 0 saturated heterocycles. The van der Waals surface area contributed by atoms with Crippen LogP contribution in [0.1, 0.15) is 36.7 Å². The van der Waals surface area contributed by atoms with E-state index in [0.717, 1.165) is 6.07 Å². The van der Waals surface area contributed by atoms with Crippen LogP contribution in [0.3, 0.4) is 0 Å². The van der Waals surface area contributed by atoms with E-state index in [0.29, 0.717) is 0 Å². The Hall–Kier alpha value is -1.65. The standard InChI is InChI=1S/C11H12F2O3/c1-11(2,3)5-4-6(12)7(10(15)16)9(14)8(5)13/h4,14H,1-3H3,(H,15,16). The zero-order valence-electron chi connectivity index (χ0n) is 9.14. The molecule has 0 spiro atoms. The second kappa shape index (κ2) is 3.73. The Kier molecular flexibility index (Phi) is 2.90. The van der Waals surface area contributed by atoms with Crippen LogP contribution in [0.25, 0.3) is 0 Å². The lowest BCUT2D eigenvalue weighted by Crippen LogP contribution is -2.16. The molecule has 0 bridgehead atoms. The van der Waals surface area contributed by atoms with Gasteiger partial charge >= 0.3 is 5.97 Å². The summed E-state index contributed by atoms with van der Waals surface area (Å²) in [7, 11) is 0. The van der Waals surface area contributed by atoms with Gasteiger partial charge in [0, 0.05) is 0 Å². The van der Waals surface area contributed by atoms with E-state index in [1.807, 2.05) is 0 Å². The molecule has 1 aromatic rings. The quantitative estimate of drug-likeness (QED) is 0.779. The molecule has 3 nitrogen and oxygen atoms in total. The van der Waals surface area contributed by atoms with Crippen molar-refractivity contribution in [3.63, 3.8) is 0 Å². The molecule has 2 N–H and O–H groups in total. The highest BCUT2D eigenvalue weighted by molar-refractivity contribution is 5.91. The smallest absolute Gasteiger partial charge is 0.342 e. The first kappa shape index (κ1) is 12.4. The molecule has 0 amide bonds. The third-order valence-electron chi connectivity index (χ3n) is 2.21. The number of rotatable bonds is 1. The van der Waals surface area contributed by atoms with Crippen LogP contribution >= 0.6 is 0 Å². The van der Waals surface area contributed by atoms with Gasteiger partial charge in [0.05, 0.1) is 0 Å². The minimum atomic E-state index is -1.70. The Labute approximate surface area is 91.3 Å². The second-order valence-corrected chi connectivity index (χ2v) is 4.50. The molecule has 0 heterocycles. The lowest BCUT2D eigenvalue weighted by molar-refractivity contribution is 0.0687. The van der Waals surface area contributed by atoms with Gasteiger partial charge in [-0.3, -0.25) is 0 Å². The monoisotopic (exact) mass is 230 g/mol. The molecule has 0 aliphatic carbocycles. The fourth-order valence-electron chi connectivity index (χ4n) is 1.36. The number of aromatic hydroxyl groups is 1. The number of hydrogen-bond donors (Lipinski definition) is 2. The van der Waals surface area contributed by atoms with Crippen LogP contribution < -0.4 is 0 Å². The largest absolute Gasteiger partial charge is 0.504 e. The van der Waals surface area contributed by atoms with E-state index in [1.54, 1.807) is 20.8 Å². The van der Waals surface area contributed by atoms with Crippen LogP contribution in [0.15, 0.2) is 6.07 Å². The number of carboxylic acids is 1. The van der Waals surface area contributed by atoms with Crippen molar-refractivity contribution in [1.82, 2.24) is 0 Å². The summed E-state index contributed by atoms with van der Waals surface area (Å²) < 4.78 is 27.0. The van der Waals surface area contributed by atoms with Gasteiger partial charge in [0.2, 0.25) is 0 Å². The van der Waals surface area contributed by atoms with Gasteiger partial charge in [-0.05, 0) is 17.0 Å². The first-order valence-corrected chi connectivity index (χ1v) is 4.61. The molecule has 0 aliphatic heterocycles. The summed E-state index contributed by atoms with van der Waals surface area (Å²) in [4.78, 5) is 10.6. The Bertz CT molecular complexity index is 448. The number of hydrogen-bond acceptors (Lipinski definition) is 2. The highest BCUT2D eigenvalue weighted by Crippen LogP contribution is 2.33. The fraction of sp³-hybridized carbons (Fsp3) is 0.364. The average Bonchev–Trinajstić information content (AvgIpc) is 2.09. The van der Waals surface area contributed by atoms with Crippen molar-refractivity contribution in [3.8, 4) is 5.75 Å². The molecule has 1 aromatic carbocycles. The highest BCUT2D eigenvalue weighted by atomic mass is 19.1. The summed E-state index contributed by atoms with van der Waals surface area (Å²) in [6, 6.07) is 0.804. The highest BCUT2D eigenvalue weighted by Gasteiger charge is 2.28. The topological polar surface area (TPSA) is 57.5 Å². The summed E-state index contributed by atoms with van der Waals surface area (Å²) in [5, 5.41) is 17.9. The van der Waals surface area contributed by atoms with Crippen molar-refractivity contribution in [2.75, 3.05) is 0 Å². The molecule has 0 atom stereocenters. The summed E-state index contributed by atoms with van der Waals surface area (Å²) in [5.41, 5.74) is -1.82. The zero-order chi connectivity index (χ0) is 12.7. The summed E-state index contributed by atoms with van der Waals surface area (Å²) in [6.07, 6.45) is 0. The van der Waals surface area contributed by atoms with E-state index in [2.05, 4.69) is 0 Å². The van der Waals surface area contributed by atoms with E-state index < -0.39 is 34.3 Å². The number of benzene rings is 1. The van der Waals surface area contributed by atoms with Crippen molar-refractivity contribution in [3.05, 3.63) is 28.8 Å². The van der Waals surface area contributed by atoms with Gasteiger partial charge in [0.1, 0.15) is 11.4 Å². The first-order valence-electron chi connectivity index (χ1n) is 4.61. The Balaban J connectivity index is 3.58. The molecule has 88 valence electrons. The molecule has 0 saturated carbocycles. The maximum atomic E-state index is 13.6. The van der Waals surface area contributed by atoms with Crippen molar-refractivity contribution < 1.29 is 23.8 Å². The van der Waals surface area contributed by atoms with Gasteiger partial charge in [-0.15, -0.1) is 0 Å². The normalized spacial score (nSPS) is 11.6. The molecule has 0 fully saturated rings. The van der Waals surface area contributed by atoms with Gasteiger partial charge in [0.25, 0.3) is 0 Å². The van der Waals surface area contributed by atoms with Crippen LogP contribution in [0.4, 0.5) is 8.78 Å². The van der Waals surface area contributed by atoms with E-state index in [9.17, 15) is 18.7 Å². The number of carbonyl (C=O) groups is 1. The first-order chi connectivity index (χ1) is 7.16. The van der Waals surface area contributed by atoms with Crippen LogP contribution in [-0.4, -0.2) is 16.2 Å². The van der Waals surface area contributed by atoms with Crippen LogP contribution in [0.2, 0.25) is 0 Å². The summed E-state index contributed by atoms with van der Waals surface area (Å²) in [6.45, 7) is 4.89. The van der Waals surface area contributed by atoms with E-state index in [4.69, 9.17) is 5.11 Å². The molecule has 1 rings (SSSR count). The molecular formula is C11H12F2O3. The number of carboxylic acid groups (broad SMARTS) is 1. The third-order valence-corrected chi connectivity index (χ3v) is 2.21. The Morgan fingerprint density at radius 2 is 1.81 bits per heavy atom. The van der Waals surface area contributed by atoms with Crippen molar-refractivity contribution in [2.24, 2.45) is 0 Å². The van der Waals surface area contributed by atoms with Crippen molar-refractivity contribution in [2.45, 2.75) is 26.2 Å². The van der Waals surface area contributed by atoms with Gasteiger partial charge < -0.3 is 10.2 Å². The Morgan fingerprint density at radius 3 is 2.19 bits per heavy atom. The van der Waals surface area contributed by atoms with Crippen molar-refractivity contribution >= 4 is 5.97 Å². The van der Waals surface area contributed by atoms with Crippen LogP contribution in [0.5, 0.6) is 5.75 Å². The lowest BCUT2D eigenvalue weighted by Gasteiger charge is -2.21. The van der Waals surface area contributed by atoms with Crippen LogP contribution in [-0.2, 0) is 5.41 Å². The Morgan fingerprint density at radius 1 is 1.31 bits per heavy atom. The molecule has 0 aliphatic rings. The molecular weight excluding hydrogens is 218 g/mol. The number of aromatic carboxylic acids is 1. The molecule has 0 unspecified atom stereocenters. The maximum absolute atomic E-state index is 13.6. The summed E-state index contributed by atoms with van der Waals surface area (Å²) >= 11 is 0. The van der Waals surface area contributed by atoms with E-state index in [-0.39, 0.29) is 5.56 Å². The van der Waals surface area contributed by atoms with Gasteiger partial charge in [-0.1, -0.05) is 20.8 Å². The predicted octanol–water partition coefficient (Wildman–Crippen LogP) is 2.67. The molecule has 5 heteroatoms. The lowest BCUT2D eigenvalue weighted by atomic mass is 9.85. The minimum Gasteiger partial charge on any atom is -0.504 e. The summed E-state index contributed by atoms with van der Waals surface area (Å²) in [5.74, 6) is -5.09. The maximum Gasteiger partial charge on any atom is 0.342 e. The van der Waals surface area contributed by atoms with Crippen molar-refractivity contribution in [1.29, 1.82) is 0 Å². The fourth-order valence-corrected chi connectivity index (χ4v) is 1.36. The number of halogens is 2. The van der Waals surface area contributed by atoms with E-state index >= 15 is 0 Å². The second-order valence-electron chi connectivity index (χ2n) is 4.50. The third kappa shape index (κ3) is 1.98. The molecule has 16 heavy (non-hydrogen) atoms. The zero-order valence-corrected chi connectivity index (χ0v) is 9.14.